The first-order chi connectivity index (χ1) is 21.7. The molecule has 0 aromatic heterocycles. The number of carbonyl (C=O) groups excluding carboxylic acids is 1. The van der Waals surface area contributed by atoms with Crippen LogP contribution in [0.5, 0.6) is 0 Å². The van der Waals surface area contributed by atoms with Gasteiger partial charge in [0.2, 0.25) is 0 Å². The van der Waals surface area contributed by atoms with Crippen LogP contribution < -0.4 is 22.5 Å². The minimum Gasteiger partial charge on any atom is -0.411 e. The first-order valence-corrected chi connectivity index (χ1v) is 14.7. The lowest BCUT2D eigenvalue weighted by Gasteiger charge is -2.50. The van der Waals surface area contributed by atoms with Crippen LogP contribution in [0.4, 0.5) is 10.5 Å². The van der Waals surface area contributed by atoms with Crippen LogP contribution in [0.25, 0.3) is 0 Å². The van der Waals surface area contributed by atoms with Gasteiger partial charge in [-0.25, -0.2) is 4.79 Å². The average Bonchev–Trinajstić information content (AvgIpc) is 3.01. The summed E-state index contributed by atoms with van der Waals surface area (Å²) in [6, 6.07) is -0.374. The van der Waals surface area contributed by atoms with Crippen LogP contribution in [0.3, 0.4) is 0 Å². The number of anilines is 1. The molecule has 1 aromatic carbocycles. The minimum absolute atomic E-state index is 0.0701. The van der Waals surface area contributed by atoms with Gasteiger partial charge in [0.25, 0.3) is 5.79 Å². The molecule has 0 aliphatic carbocycles. The third-order valence-electron chi connectivity index (χ3n) is 7.80. The van der Waals surface area contributed by atoms with E-state index in [0.717, 1.165) is 0 Å². The highest BCUT2D eigenvalue weighted by Gasteiger charge is 2.58. The molecule has 0 radical (unpaired) electrons. The molecule has 15 N–H and O–H groups in total. The van der Waals surface area contributed by atoms with Gasteiger partial charge in [0.05, 0.1) is 31.3 Å². The highest BCUT2D eigenvalue weighted by molar-refractivity contribution is 6.35. The number of ether oxygens (including phenoxy) is 6. The van der Waals surface area contributed by atoms with Gasteiger partial charge in [-0.1, -0.05) is 23.2 Å². The van der Waals surface area contributed by atoms with Gasteiger partial charge in [0.15, 0.2) is 18.9 Å². The number of nitrogens with two attached hydrogens (primary N) is 3. The zero-order valence-corrected chi connectivity index (χ0v) is 25.4. The maximum absolute atomic E-state index is 12.7. The van der Waals surface area contributed by atoms with Gasteiger partial charge in [-0.2, -0.15) is 0 Å². The van der Waals surface area contributed by atoms with Crippen LogP contribution in [-0.2, 0) is 28.4 Å². The summed E-state index contributed by atoms with van der Waals surface area (Å²) in [6.07, 6.45) is -19.4. The van der Waals surface area contributed by atoms with E-state index in [-0.39, 0.29) is 15.7 Å². The van der Waals surface area contributed by atoms with Crippen molar-refractivity contribution in [1.82, 2.24) is 0 Å². The average molecular weight is 705 g/mol. The molecule has 46 heavy (non-hydrogen) atoms. The second-order valence-electron chi connectivity index (χ2n) is 11.0. The molecule has 0 bridgehead atoms. The van der Waals surface area contributed by atoms with Gasteiger partial charge in [-0.3, -0.25) is 5.32 Å². The molecular weight excluding hydrogens is 667 g/mol. The summed E-state index contributed by atoms with van der Waals surface area (Å²) in [5.41, 5.74) is 18.0. The van der Waals surface area contributed by atoms with E-state index in [9.17, 15) is 45.6 Å². The van der Waals surface area contributed by atoms with Gasteiger partial charge in [0, 0.05) is 15.7 Å². The summed E-state index contributed by atoms with van der Waals surface area (Å²) in [7, 11) is 0. The largest absolute Gasteiger partial charge is 0.414 e. The second-order valence-corrected chi connectivity index (χ2v) is 11.8. The molecule has 2 unspecified atom stereocenters. The summed E-state index contributed by atoms with van der Waals surface area (Å²) in [4.78, 5) is 12.7. The predicted molar refractivity (Wildman–Crippen MR) is 153 cm³/mol. The molecule has 1 aromatic rings. The van der Waals surface area contributed by atoms with Crippen molar-refractivity contribution in [1.29, 1.82) is 0 Å². The van der Waals surface area contributed by atoms with E-state index in [4.69, 9.17) is 68.8 Å². The fourth-order valence-electron chi connectivity index (χ4n) is 5.23. The molecular formula is C25H38Cl2N4O15. The van der Waals surface area contributed by atoms with Gasteiger partial charge >= 0.3 is 6.09 Å². The third-order valence-corrected chi connectivity index (χ3v) is 8.23. The summed E-state index contributed by atoms with van der Waals surface area (Å²) >= 11 is 11.9. The Balaban J connectivity index is 1.49. The minimum atomic E-state index is -2.67. The SMILES string of the molecule is N[C@H]1[C@@H](OC2[C@@H](CO)O[C@@H](OC3[C@@H](CO)O[C@@H](O)[C@H](N)[C@H]3O)[C@H](N)[C@H]2O)O[C@](CO)(OC(=O)Nc2cc(Cl)cc(Cl)c2)[C@@H](O)[C@@H]1O. The van der Waals surface area contributed by atoms with Crippen LogP contribution in [-0.4, -0.2) is 158 Å². The molecule has 4 rings (SSSR count). The van der Waals surface area contributed by atoms with Crippen LogP contribution >= 0.6 is 23.2 Å². The van der Waals surface area contributed by atoms with E-state index in [1.54, 1.807) is 0 Å². The molecule has 3 aliphatic rings. The quantitative estimate of drug-likeness (QED) is 0.115. The van der Waals surface area contributed by atoms with Crippen molar-refractivity contribution in [3.8, 4) is 0 Å². The summed E-state index contributed by atoms with van der Waals surface area (Å²) in [5.74, 6) is -2.67. The van der Waals surface area contributed by atoms with Crippen molar-refractivity contribution >= 4 is 35.0 Å². The number of amides is 1. The van der Waals surface area contributed by atoms with E-state index in [1.165, 1.54) is 18.2 Å². The summed E-state index contributed by atoms with van der Waals surface area (Å²) in [6.45, 7) is -2.77. The van der Waals surface area contributed by atoms with Gasteiger partial charge in [-0.15, -0.1) is 0 Å². The lowest BCUT2D eigenvalue weighted by atomic mass is 9.93. The number of aliphatic hydroxyl groups excluding tert-OH is 8. The number of carbonyl (C=O) groups is 1. The first kappa shape index (κ1) is 37.3. The topological polar surface area (TPSA) is 324 Å². The maximum atomic E-state index is 12.7. The second kappa shape index (κ2) is 15.3. The molecule has 262 valence electrons. The normalized spacial score (nSPS) is 43.2. The molecule has 0 saturated carbocycles. The zero-order valence-electron chi connectivity index (χ0n) is 23.9. The monoisotopic (exact) mass is 704 g/mol. The van der Waals surface area contributed by atoms with E-state index >= 15 is 0 Å². The van der Waals surface area contributed by atoms with Crippen molar-refractivity contribution in [2.75, 3.05) is 25.1 Å². The van der Waals surface area contributed by atoms with Crippen LogP contribution in [0.2, 0.25) is 10.0 Å². The molecule has 15 atom stereocenters. The number of hydrogen-bond donors (Lipinski definition) is 12. The Bertz CT molecular complexity index is 1170. The molecule has 0 spiro atoms. The third kappa shape index (κ3) is 7.67. The Morgan fingerprint density at radius 2 is 1.33 bits per heavy atom. The van der Waals surface area contributed by atoms with E-state index in [1.807, 2.05) is 0 Å². The zero-order chi connectivity index (χ0) is 34.1. The number of halogens is 2. The van der Waals surface area contributed by atoms with Crippen LogP contribution in [0, 0.1) is 0 Å². The molecule has 3 fully saturated rings. The van der Waals surface area contributed by atoms with E-state index in [2.05, 4.69) is 5.32 Å². The van der Waals surface area contributed by atoms with Crippen molar-refractivity contribution in [2.45, 2.75) is 91.6 Å². The standard InChI is InChI=1S/C25H38Cl2N4O15/c26-7-1-8(27)3-9(2-7)31-24(40)46-25(6-34)20(38)17(37)14(30)23(45-25)44-19-11(5-33)42-22(13(29)16(19)36)43-18-10(4-32)41-21(39)12(28)15(18)35/h1-3,10-23,32-39H,4-6,28-30H2,(H,31,40)/t10-,11-,12-,13-,14-,15-,16-,17-,18?,19?,20+,21-,22+,23+,25-/m1/s1. The number of aliphatic hydroxyl groups is 8. The van der Waals surface area contributed by atoms with Gasteiger partial charge in [-0.05, 0) is 18.2 Å². The Labute approximate surface area is 271 Å². The number of hydrogen-bond acceptors (Lipinski definition) is 18. The smallest absolute Gasteiger partial charge is 0.411 e. The summed E-state index contributed by atoms with van der Waals surface area (Å²) < 4.78 is 33.1. The van der Waals surface area contributed by atoms with E-state index in [0.29, 0.717) is 0 Å². The summed E-state index contributed by atoms with van der Waals surface area (Å²) in [5, 5.41) is 85.4. The number of rotatable bonds is 9. The Morgan fingerprint density at radius 1 is 0.804 bits per heavy atom. The molecule has 21 heteroatoms. The van der Waals surface area contributed by atoms with E-state index < -0.39 is 118 Å². The van der Waals surface area contributed by atoms with Crippen molar-refractivity contribution in [3.63, 3.8) is 0 Å². The Morgan fingerprint density at radius 3 is 1.89 bits per heavy atom. The predicted octanol–water partition coefficient (Wildman–Crippen LogP) is -4.79. The maximum Gasteiger partial charge on any atom is 0.414 e. The van der Waals surface area contributed by atoms with Crippen molar-refractivity contribution in [2.24, 2.45) is 17.2 Å². The first-order valence-electron chi connectivity index (χ1n) is 13.9. The Kier molecular flexibility index (Phi) is 12.4. The highest BCUT2D eigenvalue weighted by atomic mass is 35.5. The fourth-order valence-corrected chi connectivity index (χ4v) is 5.75. The Hall–Kier alpha value is -1.57. The number of nitrogens with one attached hydrogen (secondary N) is 1. The van der Waals surface area contributed by atoms with Crippen molar-refractivity contribution < 1.29 is 74.1 Å². The van der Waals surface area contributed by atoms with Gasteiger partial charge in [0.1, 0.15) is 55.4 Å². The molecule has 3 heterocycles. The molecule has 1 amide bonds. The number of benzene rings is 1. The molecule has 3 saturated heterocycles. The van der Waals surface area contributed by atoms with Crippen LogP contribution in [0.15, 0.2) is 18.2 Å². The molecule has 19 nitrogen and oxygen atoms in total. The van der Waals surface area contributed by atoms with Gasteiger partial charge < -0.3 is 86.5 Å². The molecule has 3 aliphatic heterocycles. The lowest BCUT2D eigenvalue weighted by molar-refractivity contribution is -0.395. The lowest BCUT2D eigenvalue weighted by Crippen LogP contribution is -2.72. The highest BCUT2D eigenvalue weighted by Crippen LogP contribution is 2.35. The van der Waals surface area contributed by atoms with Crippen LogP contribution in [0.1, 0.15) is 0 Å². The fraction of sp³-hybridized carbons (Fsp3) is 0.720. The van der Waals surface area contributed by atoms with Crippen molar-refractivity contribution in [3.05, 3.63) is 28.2 Å².